The Morgan fingerprint density at radius 3 is 2.81 bits per heavy atom. The van der Waals surface area contributed by atoms with Crippen molar-refractivity contribution in [1.82, 2.24) is 4.90 Å². The monoisotopic (exact) mass is 393 g/mol. The molecule has 1 aromatic carbocycles. The summed E-state index contributed by atoms with van der Waals surface area (Å²) >= 11 is 1.76. The van der Waals surface area contributed by atoms with Crippen molar-refractivity contribution >= 4 is 33.0 Å². The lowest BCUT2D eigenvalue weighted by Crippen LogP contribution is -2.39. The summed E-state index contributed by atoms with van der Waals surface area (Å²) in [5, 5.41) is 10.2. The van der Waals surface area contributed by atoms with Crippen LogP contribution in [0.5, 0.6) is 0 Å². The molecule has 8 heteroatoms. The van der Waals surface area contributed by atoms with E-state index in [2.05, 4.69) is 28.6 Å². The third kappa shape index (κ3) is 3.83. The Hall–Kier alpha value is -1.74. The zero-order valence-corrected chi connectivity index (χ0v) is 16.7. The summed E-state index contributed by atoms with van der Waals surface area (Å²) in [4.78, 5) is 16.1. The number of benzene rings is 1. The van der Waals surface area contributed by atoms with E-state index >= 15 is 0 Å². The number of nitrogens with zero attached hydrogens (tertiary/aromatic N) is 1. The smallest absolute Gasteiger partial charge is 0.238 e. The molecule has 2 heterocycles. The molecule has 0 radical (unpaired) electrons. The summed E-state index contributed by atoms with van der Waals surface area (Å²) in [6.45, 7) is 6.84. The van der Waals surface area contributed by atoms with Gasteiger partial charge in [-0.3, -0.25) is 9.69 Å². The van der Waals surface area contributed by atoms with Gasteiger partial charge in [-0.2, -0.15) is 0 Å². The van der Waals surface area contributed by atoms with Gasteiger partial charge in [0, 0.05) is 23.2 Å². The molecular formula is C18H23N3O3S2. The van der Waals surface area contributed by atoms with E-state index in [9.17, 15) is 13.2 Å². The normalized spacial score (nSPS) is 17.8. The van der Waals surface area contributed by atoms with E-state index < -0.39 is 10.0 Å². The molecule has 2 aromatic rings. The van der Waals surface area contributed by atoms with Crippen molar-refractivity contribution in [3.05, 3.63) is 45.1 Å². The molecule has 0 fully saturated rings. The summed E-state index contributed by atoms with van der Waals surface area (Å²) in [5.41, 5.74) is 3.37. The molecule has 1 aliphatic rings. The van der Waals surface area contributed by atoms with Crippen LogP contribution in [0, 0.1) is 13.8 Å². The van der Waals surface area contributed by atoms with Crippen LogP contribution in [0.25, 0.3) is 0 Å². The molecule has 0 spiro atoms. The van der Waals surface area contributed by atoms with Crippen LogP contribution in [-0.4, -0.2) is 32.3 Å². The Bertz CT molecular complexity index is 951. The molecule has 0 saturated heterocycles. The van der Waals surface area contributed by atoms with Gasteiger partial charge in [-0.25, -0.2) is 13.6 Å². The number of anilines is 1. The van der Waals surface area contributed by atoms with E-state index in [-0.39, 0.29) is 23.4 Å². The number of carbonyl (C=O) groups is 1. The van der Waals surface area contributed by atoms with Crippen LogP contribution < -0.4 is 10.5 Å². The number of hydrogen-bond donors (Lipinski definition) is 2. The number of rotatable bonds is 4. The van der Waals surface area contributed by atoms with Gasteiger partial charge >= 0.3 is 0 Å². The lowest BCUT2D eigenvalue weighted by Gasteiger charge is -2.33. The van der Waals surface area contributed by atoms with Gasteiger partial charge < -0.3 is 5.32 Å². The van der Waals surface area contributed by atoms with Crippen molar-refractivity contribution in [2.45, 2.75) is 38.1 Å². The number of hydrogen-bond acceptors (Lipinski definition) is 5. The lowest BCUT2D eigenvalue weighted by molar-refractivity contribution is -0.117. The van der Waals surface area contributed by atoms with E-state index in [1.807, 2.05) is 6.92 Å². The minimum absolute atomic E-state index is 0.00477. The first-order chi connectivity index (χ1) is 12.2. The Balaban J connectivity index is 1.76. The first-order valence-corrected chi connectivity index (χ1v) is 10.8. The van der Waals surface area contributed by atoms with Crippen LogP contribution in [-0.2, 0) is 21.2 Å². The Morgan fingerprint density at radius 1 is 1.38 bits per heavy atom. The first kappa shape index (κ1) is 19.0. The molecule has 0 aliphatic carbocycles. The Kier molecular flexibility index (Phi) is 5.21. The summed E-state index contributed by atoms with van der Waals surface area (Å²) in [6.07, 6.45) is 0.948. The third-order valence-corrected chi connectivity index (χ3v) is 6.88. The van der Waals surface area contributed by atoms with Gasteiger partial charge in [0.25, 0.3) is 0 Å². The second-order valence-electron chi connectivity index (χ2n) is 6.70. The molecule has 6 nitrogen and oxygen atoms in total. The molecule has 1 aliphatic heterocycles. The van der Waals surface area contributed by atoms with E-state index in [1.54, 1.807) is 18.3 Å². The zero-order valence-electron chi connectivity index (χ0n) is 15.1. The highest BCUT2D eigenvalue weighted by Crippen LogP contribution is 2.32. The highest BCUT2D eigenvalue weighted by atomic mass is 32.2. The highest BCUT2D eigenvalue weighted by molar-refractivity contribution is 7.89. The largest absolute Gasteiger partial charge is 0.325 e. The molecule has 1 aromatic heterocycles. The first-order valence-electron chi connectivity index (χ1n) is 8.41. The minimum atomic E-state index is -3.82. The predicted octanol–water partition coefficient (Wildman–Crippen LogP) is 2.57. The predicted molar refractivity (Wildman–Crippen MR) is 104 cm³/mol. The SMILES string of the molecule is Cc1cc(S(N)(=O)=O)cc(NC(=O)CN2CCc3sccc3C2C)c1C. The van der Waals surface area contributed by atoms with Crippen molar-refractivity contribution < 1.29 is 13.2 Å². The molecule has 140 valence electrons. The molecule has 0 saturated carbocycles. The van der Waals surface area contributed by atoms with E-state index in [1.165, 1.54) is 22.6 Å². The van der Waals surface area contributed by atoms with Gasteiger partial charge in [0.05, 0.1) is 11.4 Å². The number of sulfonamides is 1. The topological polar surface area (TPSA) is 92.5 Å². The van der Waals surface area contributed by atoms with Gasteiger partial charge in [-0.1, -0.05) is 0 Å². The number of primary sulfonamides is 1. The quantitative estimate of drug-likeness (QED) is 0.835. The Labute approximate surface area is 158 Å². The number of aryl methyl sites for hydroxylation is 1. The van der Waals surface area contributed by atoms with Crippen LogP contribution in [0.2, 0.25) is 0 Å². The van der Waals surface area contributed by atoms with Gasteiger partial charge in [0.1, 0.15) is 0 Å². The average molecular weight is 394 g/mol. The average Bonchev–Trinajstić information content (AvgIpc) is 3.02. The van der Waals surface area contributed by atoms with Gasteiger partial charge in [-0.15, -0.1) is 11.3 Å². The minimum Gasteiger partial charge on any atom is -0.325 e. The second kappa shape index (κ2) is 7.11. The molecular weight excluding hydrogens is 370 g/mol. The van der Waals surface area contributed by atoms with E-state index in [4.69, 9.17) is 5.14 Å². The second-order valence-corrected chi connectivity index (χ2v) is 9.26. The van der Waals surface area contributed by atoms with Crippen molar-refractivity contribution in [2.24, 2.45) is 5.14 Å². The molecule has 1 amide bonds. The molecule has 3 rings (SSSR count). The van der Waals surface area contributed by atoms with Gasteiger partial charge in [-0.05, 0) is 67.5 Å². The Morgan fingerprint density at radius 2 is 2.12 bits per heavy atom. The van der Waals surface area contributed by atoms with E-state index in [0.29, 0.717) is 5.69 Å². The van der Waals surface area contributed by atoms with Crippen molar-refractivity contribution in [1.29, 1.82) is 0 Å². The lowest BCUT2D eigenvalue weighted by atomic mass is 10.0. The van der Waals surface area contributed by atoms with Crippen LogP contribution >= 0.6 is 11.3 Å². The number of fused-ring (bicyclic) bond motifs is 1. The zero-order chi connectivity index (χ0) is 19.1. The standard InChI is InChI=1S/C18H23N3O3S2/c1-11-8-14(26(19,23)24)9-16(12(11)2)20-18(22)10-21-6-4-17-15(13(21)3)5-7-25-17/h5,7-9,13H,4,6,10H2,1-3H3,(H,20,22)(H2,19,23,24). The van der Waals surface area contributed by atoms with Crippen LogP contribution in [0.3, 0.4) is 0 Å². The molecule has 1 unspecified atom stereocenters. The number of amides is 1. The van der Waals surface area contributed by atoms with Crippen LogP contribution in [0.4, 0.5) is 5.69 Å². The fourth-order valence-electron chi connectivity index (χ4n) is 3.27. The molecule has 26 heavy (non-hydrogen) atoms. The fraction of sp³-hybridized carbons (Fsp3) is 0.389. The number of thiophene rings is 1. The number of carbonyl (C=O) groups excluding carboxylic acids is 1. The maximum Gasteiger partial charge on any atom is 0.238 e. The highest BCUT2D eigenvalue weighted by Gasteiger charge is 2.26. The van der Waals surface area contributed by atoms with Crippen LogP contribution in [0.15, 0.2) is 28.5 Å². The van der Waals surface area contributed by atoms with Crippen LogP contribution in [0.1, 0.15) is 34.5 Å². The molecule has 0 bridgehead atoms. The van der Waals surface area contributed by atoms with Crippen molar-refractivity contribution in [2.75, 3.05) is 18.4 Å². The van der Waals surface area contributed by atoms with Crippen molar-refractivity contribution in [3.8, 4) is 0 Å². The summed E-state index contributed by atoms with van der Waals surface area (Å²) in [6, 6.07) is 5.25. The number of nitrogens with two attached hydrogens (primary N) is 1. The van der Waals surface area contributed by atoms with Crippen molar-refractivity contribution in [3.63, 3.8) is 0 Å². The van der Waals surface area contributed by atoms with E-state index in [0.717, 1.165) is 24.1 Å². The summed E-state index contributed by atoms with van der Waals surface area (Å²) in [7, 11) is -3.82. The fourth-order valence-corrected chi connectivity index (χ4v) is 4.86. The molecule has 1 atom stereocenters. The third-order valence-electron chi connectivity index (χ3n) is 4.99. The maximum absolute atomic E-state index is 12.6. The maximum atomic E-state index is 12.6. The van der Waals surface area contributed by atoms with Gasteiger partial charge in [0.15, 0.2) is 0 Å². The summed E-state index contributed by atoms with van der Waals surface area (Å²) < 4.78 is 23.3. The van der Waals surface area contributed by atoms with Gasteiger partial charge in [0.2, 0.25) is 15.9 Å². The molecule has 3 N–H and O–H groups in total. The number of nitrogens with one attached hydrogen (secondary N) is 1. The summed E-state index contributed by atoms with van der Waals surface area (Å²) in [5.74, 6) is -0.162.